The van der Waals surface area contributed by atoms with Gasteiger partial charge in [-0.3, -0.25) is 0 Å². The van der Waals surface area contributed by atoms with Crippen LogP contribution in [-0.2, 0) is 15.4 Å². The minimum absolute atomic E-state index is 0.0612. The maximum atomic E-state index is 11.2. The Labute approximate surface area is 107 Å². The number of benzene rings is 1. The van der Waals surface area contributed by atoms with Crippen LogP contribution in [0.25, 0.3) is 0 Å². The molecule has 0 aliphatic carbocycles. The molecule has 17 heavy (non-hydrogen) atoms. The summed E-state index contributed by atoms with van der Waals surface area (Å²) < 4.78 is 10.2. The summed E-state index contributed by atoms with van der Waals surface area (Å²) in [6.45, 7) is 6.01. The summed E-state index contributed by atoms with van der Waals surface area (Å²) in [5.41, 5.74) is 3.18. The van der Waals surface area contributed by atoms with Crippen LogP contribution >= 0.6 is 11.6 Å². The lowest BCUT2D eigenvalue weighted by atomic mass is 10.0. The fourth-order valence-corrected chi connectivity index (χ4v) is 1.78. The van der Waals surface area contributed by atoms with Crippen LogP contribution in [0.2, 0.25) is 0 Å². The molecule has 0 bridgehead atoms. The topological polar surface area (TPSA) is 35.5 Å². The van der Waals surface area contributed by atoms with E-state index in [0.717, 1.165) is 16.7 Å². The van der Waals surface area contributed by atoms with Gasteiger partial charge in [0.2, 0.25) is 0 Å². The maximum Gasteiger partial charge on any atom is 0.344 e. The second kappa shape index (κ2) is 6.50. The third kappa shape index (κ3) is 3.63. The van der Waals surface area contributed by atoms with E-state index >= 15 is 0 Å². The van der Waals surface area contributed by atoms with Crippen molar-refractivity contribution in [2.75, 3.05) is 13.2 Å². The summed E-state index contributed by atoms with van der Waals surface area (Å²) >= 11 is 5.81. The van der Waals surface area contributed by atoms with E-state index in [1.807, 2.05) is 26.0 Å². The van der Waals surface area contributed by atoms with E-state index in [9.17, 15) is 4.79 Å². The molecule has 0 amide bonds. The van der Waals surface area contributed by atoms with Gasteiger partial charge in [0.25, 0.3) is 0 Å². The van der Waals surface area contributed by atoms with Crippen LogP contribution in [0.5, 0.6) is 5.75 Å². The molecule has 0 radical (unpaired) electrons. The minimum Gasteiger partial charge on any atom is -0.482 e. The molecule has 0 heterocycles. The maximum absolute atomic E-state index is 11.2. The largest absolute Gasteiger partial charge is 0.482 e. The van der Waals surface area contributed by atoms with Crippen molar-refractivity contribution in [3.05, 3.63) is 28.8 Å². The number of carbonyl (C=O) groups is 1. The molecule has 0 saturated heterocycles. The summed E-state index contributed by atoms with van der Waals surface area (Å²) in [6, 6.07) is 3.75. The molecule has 0 aliphatic heterocycles. The minimum atomic E-state index is -0.356. The first kappa shape index (κ1) is 13.8. The van der Waals surface area contributed by atoms with Crippen molar-refractivity contribution in [1.82, 2.24) is 0 Å². The van der Waals surface area contributed by atoms with Crippen molar-refractivity contribution >= 4 is 17.6 Å². The summed E-state index contributed by atoms with van der Waals surface area (Å²) in [4.78, 5) is 11.2. The molecule has 94 valence electrons. The Morgan fingerprint density at radius 2 is 2.00 bits per heavy atom. The summed E-state index contributed by atoms with van der Waals surface area (Å²) in [6.07, 6.45) is 0. The Hall–Kier alpha value is -1.22. The third-order valence-electron chi connectivity index (χ3n) is 2.64. The first-order valence-corrected chi connectivity index (χ1v) is 6.07. The number of rotatable bonds is 5. The third-order valence-corrected chi connectivity index (χ3v) is 2.93. The van der Waals surface area contributed by atoms with Gasteiger partial charge in [-0.1, -0.05) is 6.07 Å². The zero-order valence-electron chi connectivity index (χ0n) is 10.4. The zero-order valence-corrected chi connectivity index (χ0v) is 11.1. The van der Waals surface area contributed by atoms with E-state index in [-0.39, 0.29) is 12.6 Å². The first-order valence-electron chi connectivity index (χ1n) is 5.53. The number of esters is 1. The van der Waals surface area contributed by atoms with Gasteiger partial charge in [-0.25, -0.2) is 4.79 Å². The fraction of sp³-hybridized carbons (Fsp3) is 0.462. The second-order valence-electron chi connectivity index (χ2n) is 3.70. The highest BCUT2D eigenvalue weighted by atomic mass is 35.5. The lowest BCUT2D eigenvalue weighted by Gasteiger charge is -2.12. The van der Waals surface area contributed by atoms with Crippen LogP contribution in [0.3, 0.4) is 0 Å². The first-order chi connectivity index (χ1) is 8.10. The van der Waals surface area contributed by atoms with Crippen LogP contribution in [0, 0.1) is 13.8 Å². The fourth-order valence-electron chi connectivity index (χ4n) is 1.49. The van der Waals surface area contributed by atoms with Crippen molar-refractivity contribution in [3.63, 3.8) is 0 Å². The van der Waals surface area contributed by atoms with E-state index in [1.54, 1.807) is 6.92 Å². The lowest BCUT2D eigenvalue weighted by molar-refractivity contribution is -0.145. The SMILES string of the molecule is CCOC(=O)COc1ccc(CCl)c(C)c1C. The van der Waals surface area contributed by atoms with Gasteiger partial charge in [0.05, 0.1) is 6.61 Å². The van der Waals surface area contributed by atoms with Crippen LogP contribution in [0.15, 0.2) is 12.1 Å². The predicted molar refractivity (Wildman–Crippen MR) is 67.6 cm³/mol. The van der Waals surface area contributed by atoms with E-state index in [4.69, 9.17) is 21.1 Å². The Balaban J connectivity index is 2.73. The highest BCUT2D eigenvalue weighted by Gasteiger charge is 2.09. The Kier molecular flexibility index (Phi) is 5.29. The van der Waals surface area contributed by atoms with E-state index < -0.39 is 0 Å². The highest BCUT2D eigenvalue weighted by Crippen LogP contribution is 2.25. The smallest absolute Gasteiger partial charge is 0.344 e. The Morgan fingerprint density at radius 3 is 2.59 bits per heavy atom. The molecule has 0 aliphatic rings. The van der Waals surface area contributed by atoms with Gasteiger partial charge in [-0.15, -0.1) is 11.6 Å². The number of hydrogen-bond acceptors (Lipinski definition) is 3. The zero-order chi connectivity index (χ0) is 12.8. The molecule has 0 fully saturated rings. The standard InChI is InChI=1S/C13H17ClO3/c1-4-16-13(15)8-17-12-6-5-11(7-14)9(2)10(12)3/h5-6H,4,7-8H2,1-3H3. The van der Waals surface area contributed by atoms with E-state index in [2.05, 4.69) is 0 Å². The lowest BCUT2D eigenvalue weighted by Crippen LogP contribution is -2.15. The van der Waals surface area contributed by atoms with Gasteiger partial charge < -0.3 is 9.47 Å². The molecule has 1 rings (SSSR count). The van der Waals surface area contributed by atoms with Gasteiger partial charge in [0.1, 0.15) is 5.75 Å². The van der Waals surface area contributed by atoms with Gasteiger partial charge in [0, 0.05) is 5.88 Å². The molecule has 0 spiro atoms. The van der Waals surface area contributed by atoms with Crippen molar-refractivity contribution in [1.29, 1.82) is 0 Å². The van der Waals surface area contributed by atoms with Gasteiger partial charge >= 0.3 is 5.97 Å². The molecule has 0 atom stereocenters. The molecule has 0 unspecified atom stereocenters. The average Bonchev–Trinajstić information content (AvgIpc) is 2.31. The molecule has 4 heteroatoms. The summed E-state index contributed by atoms with van der Waals surface area (Å²) in [5.74, 6) is 0.820. The predicted octanol–water partition coefficient (Wildman–Crippen LogP) is 2.98. The van der Waals surface area contributed by atoms with Gasteiger partial charge in [-0.05, 0) is 43.5 Å². The van der Waals surface area contributed by atoms with Crippen LogP contribution in [-0.4, -0.2) is 19.2 Å². The quantitative estimate of drug-likeness (QED) is 0.600. The molecule has 3 nitrogen and oxygen atoms in total. The van der Waals surface area contributed by atoms with Crippen LogP contribution in [0.1, 0.15) is 23.6 Å². The summed E-state index contributed by atoms with van der Waals surface area (Å²) in [7, 11) is 0. The van der Waals surface area contributed by atoms with Crippen LogP contribution in [0.4, 0.5) is 0 Å². The number of hydrogen-bond donors (Lipinski definition) is 0. The molecule has 0 N–H and O–H groups in total. The molecule has 1 aromatic rings. The number of ether oxygens (including phenoxy) is 2. The van der Waals surface area contributed by atoms with E-state index in [0.29, 0.717) is 18.2 Å². The Bertz CT molecular complexity index is 402. The number of carbonyl (C=O) groups excluding carboxylic acids is 1. The van der Waals surface area contributed by atoms with Crippen LogP contribution < -0.4 is 4.74 Å². The van der Waals surface area contributed by atoms with E-state index in [1.165, 1.54) is 0 Å². The van der Waals surface area contributed by atoms with Gasteiger partial charge in [-0.2, -0.15) is 0 Å². The highest BCUT2D eigenvalue weighted by molar-refractivity contribution is 6.17. The molecule has 1 aromatic carbocycles. The molecular formula is C13H17ClO3. The van der Waals surface area contributed by atoms with Crippen molar-refractivity contribution in [2.24, 2.45) is 0 Å². The van der Waals surface area contributed by atoms with Crippen molar-refractivity contribution in [2.45, 2.75) is 26.7 Å². The Morgan fingerprint density at radius 1 is 1.29 bits per heavy atom. The molecule has 0 saturated carbocycles. The second-order valence-corrected chi connectivity index (χ2v) is 3.97. The molecule has 0 aromatic heterocycles. The molecular weight excluding hydrogens is 240 g/mol. The normalized spacial score (nSPS) is 10.1. The summed E-state index contributed by atoms with van der Waals surface area (Å²) in [5, 5.41) is 0. The number of halogens is 1. The van der Waals surface area contributed by atoms with Gasteiger partial charge in [0.15, 0.2) is 6.61 Å². The monoisotopic (exact) mass is 256 g/mol. The van der Waals surface area contributed by atoms with Crippen molar-refractivity contribution in [3.8, 4) is 5.75 Å². The average molecular weight is 257 g/mol. The van der Waals surface area contributed by atoms with Crippen molar-refractivity contribution < 1.29 is 14.3 Å². The number of alkyl halides is 1.